The summed E-state index contributed by atoms with van der Waals surface area (Å²) < 4.78 is 10.7. The van der Waals surface area contributed by atoms with Crippen molar-refractivity contribution in [3.8, 4) is 0 Å². The Labute approximate surface area is 167 Å². The zero-order chi connectivity index (χ0) is 22.6. The van der Waals surface area contributed by atoms with Crippen LogP contribution in [0.1, 0.15) is 36.0 Å². The van der Waals surface area contributed by atoms with Crippen molar-refractivity contribution in [3.05, 3.63) is 32.6 Å². The van der Waals surface area contributed by atoms with E-state index in [1.54, 1.807) is 0 Å². The summed E-state index contributed by atoms with van der Waals surface area (Å²) in [5.41, 5.74) is 2.64. The molecule has 5 atom stereocenters. The molecule has 166 valence electrons. The van der Waals surface area contributed by atoms with Crippen LogP contribution in [0, 0.1) is 0 Å². The second-order valence-electron chi connectivity index (χ2n) is 6.57. The number of aliphatic carboxylic acids is 1. The number of nitrogens with two attached hydrogens (primary N) is 1. The van der Waals surface area contributed by atoms with Crippen LogP contribution in [0.25, 0.3) is 0 Å². The minimum atomic E-state index is -1.78. The van der Waals surface area contributed by atoms with Gasteiger partial charge in [-0.15, -0.1) is 0 Å². The van der Waals surface area contributed by atoms with Crippen LogP contribution in [0.5, 0.6) is 0 Å². The molecule has 1 unspecified atom stereocenters. The number of aromatic amines is 1. The molecule has 30 heavy (non-hydrogen) atoms. The molecule has 2 rings (SSSR count). The summed E-state index contributed by atoms with van der Waals surface area (Å²) in [5.74, 6) is -3.59. The van der Waals surface area contributed by atoms with Crippen molar-refractivity contribution in [2.45, 2.75) is 49.8 Å². The van der Waals surface area contributed by atoms with E-state index in [-0.39, 0.29) is 19.3 Å². The molecule has 0 amide bonds. The molecule has 0 aliphatic carbocycles. The SMILES string of the molecule is NC(CCCC(=O)O)C(=O)OC[C@H]1O[C@@H](n2c(C(=O)O)cc(=O)[nH]c2=O)[C@H](O)[C@@H]1O. The van der Waals surface area contributed by atoms with Gasteiger partial charge in [-0.05, 0) is 12.8 Å². The quantitative estimate of drug-likeness (QED) is 0.214. The molecule has 14 heteroatoms. The lowest BCUT2D eigenvalue weighted by molar-refractivity contribution is -0.152. The smallest absolute Gasteiger partial charge is 0.352 e. The number of esters is 1. The monoisotopic (exact) mass is 431 g/mol. The van der Waals surface area contributed by atoms with E-state index in [0.717, 1.165) is 0 Å². The molecule has 0 radical (unpaired) electrons. The summed E-state index contributed by atoms with van der Waals surface area (Å²) in [5, 5.41) is 38.1. The van der Waals surface area contributed by atoms with E-state index in [9.17, 15) is 39.3 Å². The van der Waals surface area contributed by atoms with Gasteiger partial charge in [0.05, 0.1) is 0 Å². The average Bonchev–Trinajstić information content (AvgIpc) is 2.93. The van der Waals surface area contributed by atoms with E-state index in [2.05, 4.69) is 0 Å². The lowest BCUT2D eigenvalue weighted by Crippen LogP contribution is -2.40. The molecule has 1 aliphatic rings. The number of nitrogens with zero attached hydrogens (tertiary/aromatic N) is 1. The predicted octanol–water partition coefficient (Wildman–Crippen LogP) is -3.02. The molecule has 7 N–H and O–H groups in total. The zero-order valence-electron chi connectivity index (χ0n) is 15.5. The van der Waals surface area contributed by atoms with Crippen LogP contribution in [0.15, 0.2) is 15.7 Å². The van der Waals surface area contributed by atoms with E-state index in [1.165, 1.54) is 0 Å². The largest absolute Gasteiger partial charge is 0.481 e. The number of nitrogens with one attached hydrogen (secondary N) is 1. The van der Waals surface area contributed by atoms with Crippen molar-refractivity contribution in [1.29, 1.82) is 0 Å². The number of aromatic nitrogens is 2. The summed E-state index contributed by atoms with van der Waals surface area (Å²) >= 11 is 0. The molecule has 14 nitrogen and oxygen atoms in total. The summed E-state index contributed by atoms with van der Waals surface area (Å²) in [7, 11) is 0. The predicted molar refractivity (Wildman–Crippen MR) is 94.6 cm³/mol. The maximum atomic E-state index is 12.0. The Hall–Kier alpha value is -3.07. The fraction of sp³-hybridized carbons (Fsp3) is 0.562. The molecule has 0 saturated carbocycles. The Morgan fingerprint density at radius 2 is 1.90 bits per heavy atom. The number of hydrogen-bond donors (Lipinski definition) is 6. The third kappa shape index (κ3) is 5.29. The first kappa shape index (κ1) is 23.2. The highest BCUT2D eigenvalue weighted by Crippen LogP contribution is 2.29. The number of aliphatic hydroxyl groups excluding tert-OH is 2. The van der Waals surface area contributed by atoms with Crippen LogP contribution in [-0.4, -0.2) is 78.8 Å². The molecule has 1 aliphatic heterocycles. The highest BCUT2D eigenvalue weighted by Gasteiger charge is 2.46. The maximum Gasteiger partial charge on any atom is 0.352 e. The number of aromatic carboxylic acids is 1. The van der Waals surface area contributed by atoms with Gasteiger partial charge in [0.2, 0.25) is 0 Å². The number of ether oxygens (including phenoxy) is 2. The van der Waals surface area contributed by atoms with Crippen LogP contribution in [0.4, 0.5) is 0 Å². The molecular weight excluding hydrogens is 410 g/mol. The fourth-order valence-corrected chi connectivity index (χ4v) is 2.86. The Kier molecular flexibility index (Phi) is 7.44. The van der Waals surface area contributed by atoms with Crippen LogP contribution < -0.4 is 17.0 Å². The summed E-state index contributed by atoms with van der Waals surface area (Å²) in [6, 6.07) is -0.514. The number of carboxylic acid groups (broad SMARTS) is 2. The number of hydrogen-bond acceptors (Lipinski definition) is 10. The van der Waals surface area contributed by atoms with E-state index in [4.69, 9.17) is 20.3 Å². The highest BCUT2D eigenvalue weighted by atomic mass is 16.6. The first-order valence-corrected chi connectivity index (χ1v) is 8.77. The Bertz CT molecular complexity index is 924. The van der Waals surface area contributed by atoms with Gasteiger partial charge >= 0.3 is 23.6 Å². The Balaban J connectivity index is 2.07. The van der Waals surface area contributed by atoms with Crippen molar-refractivity contribution in [2.75, 3.05) is 6.61 Å². The minimum Gasteiger partial charge on any atom is -0.481 e. The normalized spacial score (nSPS) is 24.4. The van der Waals surface area contributed by atoms with Gasteiger partial charge < -0.3 is 35.6 Å². The number of H-pyrrole nitrogens is 1. The van der Waals surface area contributed by atoms with Crippen molar-refractivity contribution in [1.82, 2.24) is 9.55 Å². The second kappa shape index (κ2) is 9.62. The number of carbonyl (C=O) groups excluding carboxylic acids is 1. The number of aliphatic hydroxyl groups is 2. The van der Waals surface area contributed by atoms with E-state index >= 15 is 0 Å². The molecule has 2 heterocycles. The standard InChI is InChI=1S/C16H21N3O11/c17-6(2-1-3-10(21)22)15(27)29-5-8-11(23)12(24)13(30-8)19-7(14(25)26)4-9(20)18-16(19)28/h4,6,8,11-13,23-24H,1-3,5,17H2,(H,21,22)(H,25,26)(H,18,20,28)/t6?,8-,11-,12-,13-/m1/s1. The number of carboxylic acids is 2. The Morgan fingerprint density at radius 1 is 1.23 bits per heavy atom. The molecule has 1 aromatic heterocycles. The molecule has 0 bridgehead atoms. The first-order valence-electron chi connectivity index (χ1n) is 8.77. The lowest BCUT2D eigenvalue weighted by atomic mass is 10.1. The van der Waals surface area contributed by atoms with E-state index < -0.39 is 72.0 Å². The van der Waals surface area contributed by atoms with Crippen molar-refractivity contribution in [3.63, 3.8) is 0 Å². The Morgan fingerprint density at radius 3 is 2.50 bits per heavy atom. The number of carbonyl (C=O) groups is 3. The van der Waals surface area contributed by atoms with Crippen LogP contribution in [0.3, 0.4) is 0 Å². The summed E-state index contributed by atoms with van der Waals surface area (Å²) in [6.45, 7) is -0.583. The van der Waals surface area contributed by atoms with Gasteiger partial charge in [-0.2, -0.15) is 0 Å². The molecule has 1 fully saturated rings. The van der Waals surface area contributed by atoms with Gasteiger partial charge in [-0.3, -0.25) is 23.9 Å². The topological polar surface area (TPSA) is 231 Å². The lowest BCUT2D eigenvalue weighted by Gasteiger charge is -2.19. The number of rotatable bonds is 9. The van der Waals surface area contributed by atoms with Crippen LogP contribution in [0.2, 0.25) is 0 Å². The van der Waals surface area contributed by atoms with E-state index in [0.29, 0.717) is 10.6 Å². The highest BCUT2D eigenvalue weighted by molar-refractivity contribution is 5.85. The van der Waals surface area contributed by atoms with Gasteiger partial charge in [0.15, 0.2) is 6.23 Å². The van der Waals surface area contributed by atoms with E-state index in [1.807, 2.05) is 4.98 Å². The van der Waals surface area contributed by atoms with Gasteiger partial charge in [-0.25, -0.2) is 9.59 Å². The van der Waals surface area contributed by atoms with Crippen molar-refractivity contribution in [2.24, 2.45) is 5.73 Å². The third-order valence-electron chi connectivity index (χ3n) is 4.39. The van der Waals surface area contributed by atoms with Crippen molar-refractivity contribution >= 4 is 17.9 Å². The fourth-order valence-electron chi connectivity index (χ4n) is 2.86. The summed E-state index contributed by atoms with van der Waals surface area (Å²) in [6.07, 6.45) is -6.45. The molecular formula is C16H21N3O11. The molecule has 1 aromatic rings. The maximum absolute atomic E-state index is 12.0. The molecule has 0 spiro atoms. The molecule has 0 aromatic carbocycles. The summed E-state index contributed by atoms with van der Waals surface area (Å²) in [4.78, 5) is 58.9. The molecule has 1 saturated heterocycles. The van der Waals surface area contributed by atoms with Crippen LogP contribution in [-0.2, 0) is 19.1 Å². The van der Waals surface area contributed by atoms with Gasteiger partial charge in [-0.1, -0.05) is 0 Å². The van der Waals surface area contributed by atoms with Gasteiger partial charge in [0, 0.05) is 12.5 Å². The van der Waals surface area contributed by atoms with Crippen LogP contribution >= 0.6 is 0 Å². The van der Waals surface area contributed by atoms with Crippen molar-refractivity contribution < 1.29 is 44.3 Å². The minimum absolute atomic E-state index is 0.0409. The second-order valence-corrected chi connectivity index (χ2v) is 6.57. The first-order chi connectivity index (χ1) is 14.0. The third-order valence-corrected chi connectivity index (χ3v) is 4.39. The van der Waals surface area contributed by atoms with Gasteiger partial charge in [0.25, 0.3) is 5.56 Å². The van der Waals surface area contributed by atoms with Gasteiger partial charge in [0.1, 0.15) is 36.7 Å². The zero-order valence-corrected chi connectivity index (χ0v) is 15.5. The average molecular weight is 431 g/mol.